The number of benzene rings is 3. The molecule has 2 unspecified atom stereocenters. The highest BCUT2D eigenvalue weighted by Gasteiger charge is 2.33. The lowest BCUT2D eigenvalue weighted by Gasteiger charge is -2.36. The van der Waals surface area contributed by atoms with E-state index in [-0.39, 0.29) is 10.6 Å². The molecule has 216 valence electrons. The van der Waals surface area contributed by atoms with Gasteiger partial charge >= 0.3 is 0 Å². The molecule has 0 amide bonds. The number of piperidine rings is 1. The van der Waals surface area contributed by atoms with Crippen LogP contribution in [0.3, 0.4) is 0 Å². The Morgan fingerprint density at radius 2 is 1.60 bits per heavy atom. The van der Waals surface area contributed by atoms with Crippen LogP contribution in [0, 0.1) is 13.8 Å². The van der Waals surface area contributed by atoms with E-state index in [1.807, 2.05) is 0 Å². The van der Waals surface area contributed by atoms with Crippen molar-refractivity contribution in [2.24, 2.45) is 0 Å². The van der Waals surface area contributed by atoms with E-state index in [0.717, 1.165) is 18.7 Å². The third-order valence-corrected chi connectivity index (χ3v) is 10.3. The molecule has 4 rings (SSSR count). The summed E-state index contributed by atoms with van der Waals surface area (Å²) in [4.78, 5) is 2.68. The Kier molecular flexibility index (Phi) is 10.5. The first-order valence-electron chi connectivity index (χ1n) is 15.5. The van der Waals surface area contributed by atoms with E-state index >= 15 is 0 Å². The lowest BCUT2D eigenvalue weighted by atomic mass is 9.82. The van der Waals surface area contributed by atoms with E-state index in [9.17, 15) is 0 Å². The van der Waals surface area contributed by atoms with Gasteiger partial charge in [0.1, 0.15) is 12.4 Å². The van der Waals surface area contributed by atoms with Crippen LogP contribution in [0.15, 0.2) is 60.7 Å². The zero-order chi connectivity index (χ0) is 28.8. The van der Waals surface area contributed by atoms with Gasteiger partial charge in [-0.1, -0.05) is 129 Å². The average molecular weight is 558 g/mol. The zero-order valence-corrected chi connectivity index (χ0v) is 27.2. The molecule has 0 spiro atoms. The summed E-state index contributed by atoms with van der Waals surface area (Å²) in [6.45, 7) is 20.5. The molecular formula is C37H52NOP. The predicted octanol–water partition coefficient (Wildman–Crippen LogP) is 9.58. The van der Waals surface area contributed by atoms with Gasteiger partial charge in [0.2, 0.25) is 0 Å². The van der Waals surface area contributed by atoms with Crippen molar-refractivity contribution in [1.82, 2.24) is 4.90 Å². The lowest BCUT2D eigenvalue weighted by molar-refractivity contribution is 0.221. The SMILES string of the molecule is CCCCC(C)(Pc1ccc(C)cc1CN1CCCCC1)c1cc(C(C)(C)C)cc(C)c1OCc1ccccc1. The Hall–Kier alpha value is -2.15. The van der Waals surface area contributed by atoms with Crippen LogP contribution in [0.25, 0.3) is 0 Å². The van der Waals surface area contributed by atoms with Gasteiger partial charge in [0.05, 0.1) is 0 Å². The van der Waals surface area contributed by atoms with Gasteiger partial charge in [-0.05, 0) is 79.2 Å². The third-order valence-electron chi connectivity index (χ3n) is 8.51. The minimum Gasteiger partial charge on any atom is -0.488 e. The number of hydrogen-bond acceptors (Lipinski definition) is 2. The van der Waals surface area contributed by atoms with Gasteiger partial charge in [-0.3, -0.25) is 4.90 Å². The van der Waals surface area contributed by atoms with Gasteiger partial charge in [-0.25, -0.2) is 0 Å². The van der Waals surface area contributed by atoms with E-state index in [0.29, 0.717) is 15.2 Å². The molecule has 40 heavy (non-hydrogen) atoms. The normalized spacial score (nSPS) is 16.4. The highest BCUT2D eigenvalue weighted by Crippen LogP contribution is 2.51. The molecule has 0 bridgehead atoms. The van der Waals surface area contributed by atoms with Gasteiger partial charge in [-0.15, -0.1) is 0 Å². The van der Waals surface area contributed by atoms with Crippen molar-refractivity contribution >= 4 is 13.9 Å². The topological polar surface area (TPSA) is 12.5 Å². The summed E-state index contributed by atoms with van der Waals surface area (Å²) < 4.78 is 6.75. The minimum atomic E-state index is -0.0000422. The molecule has 1 heterocycles. The van der Waals surface area contributed by atoms with Crippen LogP contribution < -0.4 is 10.0 Å². The fraction of sp³-hybridized carbons (Fsp3) is 0.514. The molecule has 1 aliphatic rings. The maximum absolute atomic E-state index is 6.75. The number of aryl methyl sites for hydroxylation is 2. The second kappa shape index (κ2) is 13.7. The molecule has 3 aromatic rings. The van der Waals surface area contributed by atoms with Gasteiger partial charge in [0.15, 0.2) is 0 Å². The first kappa shape index (κ1) is 30.8. The lowest BCUT2D eigenvalue weighted by Crippen LogP contribution is -2.31. The molecule has 3 heteroatoms. The molecular weight excluding hydrogens is 505 g/mol. The second-order valence-electron chi connectivity index (χ2n) is 13.3. The van der Waals surface area contributed by atoms with Crippen LogP contribution in [0.5, 0.6) is 5.75 Å². The summed E-state index contributed by atoms with van der Waals surface area (Å²) in [5.41, 5.74) is 8.24. The van der Waals surface area contributed by atoms with Crippen molar-refractivity contribution in [2.45, 2.75) is 111 Å². The number of unbranched alkanes of at least 4 members (excludes halogenated alkanes) is 1. The standard InChI is InChI=1S/C37H52NOP/c1-8-9-20-37(7,40-34-19-18-28(2)23-31(34)26-38-21-14-11-15-22-38)33-25-32(36(4,5)6)24-29(3)35(33)39-27-30-16-12-10-13-17-30/h10,12-13,16-19,23-25,40H,8-9,11,14-15,20-22,26-27H2,1-7H3. The summed E-state index contributed by atoms with van der Waals surface area (Å²) in [6, 6.07) is 22.7. The van der Waals surface area contributed by atoms with Gasteiger partial charge in [-0.2, -0.15) is 0 Å². The van der Waals surface area contributed by atoms with Gasteiger partial charge in [0, 0.05) is 17.3 Å². The molecule has 2 atom stereocenters. The molecule has 0 saturated carbocycles. The largest absolute Gasteiger partial charge is 0.488 e. The average Bonchev–Trinajstić information content (AvgIpc) is 2.93. The molecule has 3 aromatic carbocycles. The van der Waals surface area contributed by atoms with Crippen LogP contribution in [0.2, 0.25) is 0 Å². The van der Waals surface area contributed by atoms with Crippen molar-refractivity contribution in [2.75, 3.05) is 13.1 Å². The van der Waals surface area contributed by atoms with Crippen LogP contribution in [-0.2, 0) is 23.7 Å². The number of nitrogens with zero attached hydrogens (tertiary/aromatic N) is 1. The van der Waals surface area contributed by atoms with Crippen molar-refractivity contribution in [3.63, 3.8) is 0 Å². The summed E-state index contributed by atoms with van der Waals surface area (Å²) in [7, 11) is 0.689. The number of likely N-dealkylation sites (tertiary alicyclic amines) is 1. The number of ether oxygens (including phenoxy) is 1. The molecule has 1 fully saturated rings. The van der Waals surface area contributed by atoms with Crippen molar-refractivity contribution in [3.8, 4) is 5.75 Å². The Balaban J connectivity index is 1.77. The molecule has 0 aliphatic carbocycles. The molecule has 2 nitrogen and oxygen atoms in total. The van der Waals surface area contributed by atoms with Crippen LogP contribution in [0.4, 0.5) is 0 Å². The Morgan fingerprint density at radius 3 is 2.27 bits per heavy atom. The Bertz CT molecular complexity index is 1240. The smallest absolute Gasteiger partial charge is 0.126 e. The molecule has 0 aromatic heterocycles. The second-order valence-corrected chi connectivity index (χ2v) is 15.1. The van der Waals surface area contributed by atoms with Gasteiger partial charge < -0.3 is 4.74 Å². The summed E-state index contributed by atoms with van der Waals surface area (Å²) in [5, 5.41) is 1.53. The molecule has 1 aliphatic heterocycles. The number of rotatable bonds is 11. The van der Waals surface area contributed by atoms with Crippen molar-refractivity contribution < 1.29 is 4.74 Å². The maximum Gasteiger partial charge on any atom is 0.126 e. The summed E-state index contributed by atoms with van der Waals surface area (Å²) in [5.74, 6) is 1.09. The fourth-order valence-electron chi connectivity index (χ4n) is 5.96. The quantitative estimate of drug-likeness (QED) is 0.218. The maximum atomic E-state index is 6.75. The van der Waals surface area contributed by atoms with E-state index in [1.165, 1.54) is 83.9 Å². The van der Waals surface area contributed by atoms with Crippen LogP contribution in [0.1, 0.15) is 107 Å². The van der Waals surface area contributed by atoms with Crippen molar-refractivity contribution in [3.05, 3.63) is 94.0 Å². The summed E-state index contributed by atoms with van der Waals surface area (Å²) in [6.07, 6.45) is 7.62. The van der Waals surface area contributed by atoms with Crippen LogP contribution >= 0.6 is 8.58 Å². The van der Waals surface area contributed by atoms with Crippen molar-refractivity contribution in [1.29, 1.82) is 0 Å². The molecule has 0 radical (unpaired) electrons. The van der Waals surface area contributed by atoms with E-state index in [4.69, 9.17) is 4.74 Å². The molecule has 0 N–H and O–H groups in total. The summed E-state index contributed by atoms with van der Waals surface area (Å²) >= 11 is 0. The van der Waals surface area contributed by atoms with Gasteiger partial charge in [0.25, 0.3) is 0 Å². The highest BCUT2D eigenvalue weighted by atomic mass is 31.1. The fourth-order valence-corrected chi connectivity index (χ4v) is 7.66. The monoisotopic (exact) mass is 557 g/mol. The Labute approximate surface area is 246 Å². The predicted molar refractivity (Wildman–Crippen MR) is 176 cm³/mol. The Morgan fingerprint density at radius 1 is 0.875 bits per heavy atom. The zero-order valence-electron chi connectivity index (χ0n) is 26.2. The van der Waals surface area contributed by atoms with E-state index < -0.39 is 0 Å². The van der Waals surface area contributed by atoms with Crippen LogP contribution in [-0.4, -0.2) is 18.0 Å². The third kappa shape index (κ3) is 7.98. The first-order chi connectivity index (χ1) is 19.1. The van der Waals surface area contributed by atoms with E-state index in [1.54, 1.807) is 0 Å². The highest BCUT2D eigenvalue weighted by molar-refractivity contribution is 7.48. The van der Waals surface area contributed by atoms with E-state index in [2.05, 4.69) is 114 Å². The first-order valence-corrected chi connectivity index (χ1v) is 16.5. The minimum absolute atomic E-state index is 0.0000422. The number of hydrogen-bond donors (Lipinski definition) is 0. The molecule has 1 saturated heterocycles.